The Morgan fingerprint density at radius 1 is 1.12 bits per heavy atom. The Kier molecular flexibility index (Phi) is 5.60. The van der Waals surface area contributed by atoms with Crippen molar-refractivity contribution in [2.75, 3.05) is 6.54 Å². The van der Waals surface area contributed by atoms with Crippen LogP contribution in [0.5, 0.6) is 0 Å². The predicted octanol–water partition coefficient (Wildman–Crippen LogP) is 5.06. The third-order valence-electron chi connectivity index (χ3n) is 5.74. The van der Waals surface area contributed by atoms with E-state index in [9.17, 15) is 14.7 Å². The van der Waals surface area contributed by atoms with Crippen LogP contribution in [0.1, 0.15) is 28.6 Å². The Morgan fingerprint density at radius 3 is 2.73 bits per heavy atom. The van der Waals surface area contributed by atoms with Crippen LogP contribution in [0.3, 0.4) is 0 Å². The maximum atomic E-state index is 13.5. The maximum Gasteiger partial charge on any atom is 0.290 e. The number of nitrogens with zero attached hydrogens (tertiary/aromatic N) is 3. The summed E-state index contributed by atoms with van der Waals surface area (Å²) >= 11 is 3.47. The quantitative estimate of drug-likeness (QED) is 0.354. The van der Waals surface area contributed by atoms with Crippen LogP contribution in [-0.2, 0) is 11.3 Å². The lowest BCUT2D eigenvalue weighted by molar-refractivity contribution is -0.129. The van der Waals surface area contributed by atoms with E-state index in [1.54, 1.807) is 29.6 Å². The molecule has 2 aromatic heterocycles. The molecule has 0 bridgehead atoms. The van der Waals surface area contributed by atoms with Crippen LogP contribution in [0.15, 0.2) is 93.5 Å². The summed E-state index contributed by atoms with van der Waals surface area (Å²) in [5.74, 6) is -1.51. The predicted molar refractivity (Wildman–Crippen MR) is 126 cm³/mol. The number of para-hydroxylation sites is 1. The van der Waals surface area contributed by atoms with Gasteiger partial charge >= 0.3 is 0 Å². The average Bonchev–Trinajstić information content (AvgIpc) is 3.53. The number of fused-ring (bicyclic) bond motifs is 1. The molecule has 3 heterocycles. The van der Waals surface area contributed by atoms with Gasteiger partial charge in [-0.05, 0) is 36.2 Å². The summed E-state index contributed by atoms with van der Waals surface area (Å²) in [6.45, 7) is 1.01. The van der Waals surface area contributed by atoms with Gasteiger partial charge in [0, 0.05) is 35.3 Å². The zero-order valence-electron chi connectivity index (χ0n) is 17.5. The average molecular weight is 506 g/mol. The number of hydrogen-bond donors (Lipinski definition) is 1. The number of aliphatic hydroxyl groups excluding tert-OH is 1. The molecular weight excluding hydrogens is 486 g/mol. The third-order valence-corrected chi connectivity index (χ3v) is 6.23. The van der Waals surface area contributed by atoms with Crippen LogP contribution < -0.4 is 0 Å². The number of Topliss-reactive ketones (excluding diaryl/α,β-unsaturated/α-hetero) is 1. The molecular formula is C25H20BrN3O4. The molecule has 1 atom stereocenters. The molecule has 33 heavy (non-hydrogen) atoms. The summed E-state index contributed by atoms with van der Waals surface area (Å²) in [4.78, 5) is 32.2. The minimum absolute atomic E-state index is 0.0276. The van der Waals surface area contributed by atoms with Gasteiger partial charge in [0.1, 0.15) is 5.58 Å². The zero-order valence-corrected chi connectivity index (χ0v) is 19.1. The molecule has 8 heteroatoms. The fourth-order valence-corrected chi connectivity index (χ4v) is 4.63. The van der Waals surface area contributed by atoms with Crippen LogP contribution in [-0.4, -0.2) is 37.8 Å². The number of aliphatic hydroxyl groups is 1. The van der Waals surface area contributed by atoms with Crippen molar-refractivity contribution >= 4 is 38.6 Å². The first kappa shape index (κ1) is 21.2. The van der Waals surface area contributed by atoms with Crippen molar-refractivity contribution in [3.63, 3.8) is 0 Å². The van der Waals surface area contributed by atoms with E-state index in [0.717, 1.165) is 15.4 Å². The number of aryl methyl sites for hydroxylation is 1. The van der Waals surface area contributed by atoms with Gasteiger partial charge in [-0.15, -0.1) is 0 Å². The number of rotatable bonds is 7. The fourth-order valence-electron chi connectivity index (χ4n) is 4.21. The van der Waals surface area contributed by atoms with Crippen LogP contribution in [0.25, 0.3) is 11.0 Å². The minimum Gasteiger partial charge on any atom is -0.503 e. The topological polar surface area (TPSA) is 88.6 Å². The van der Waals surface area contributed by atoms with Gasteiger partial charge in [0.05, 0.1) is 17.9 Å². The van der Waals surface area contributed by atoms with Crippen molar-refractivity contribution in [1.29, 1.82) is 0 Å². The molecule has 1 aliphatic heterocycles. The van der Waals surface area contributed by atoms with Crippen molar-refractivity contribution in [3.05, 3.63) is 100 Å². The second kappa shape index (κ2) is 8.71. The standard InChI is InChI=1S/C25H20BrN3O4/c26-18-7-3-6-17(13-18)22-21(23(30)20-14-16-5-1-2-8-19(16)33-20)24(31)25(32)29(22)11-4-10-28-12-9-27-15-28/h1-3,5-9,12-15,22,31H,4,10-11H2. The number of halogens is 1. The number of benzene rings is 2. The second-order valence-corrected chi connectivity index (χ2v) is 8.77. The molecule has 1 N–H and O–H groups in total. The Hall–Kier alpha value is -3.65. The summed E-state index contributed by atoms with van der Waals surface area (Å²) in [7, 11) is 0. The van der Waals surface area contributed by atoms with Gasteiger partial charge in [-0.2, -0.15) is 0 Å². The van der Waals surface area contributed by atoms with Crippen molar-refractivity contribution in [2.24, 2.45) is 0 Å². The lowest BCUT2D eigenvalue weighted by Crippen LogP contribution is -2.32. The van der Waals surface area contributed by atoms with Crippen molar-refractivity contribution in [3.8, 4) is 0 Å². The van der Waals surface area contributed by atoms with Gasteiger partial charge in [0.2, 0.25) is 5.78 Å². The van der Waals surface area contributed by atoms with Gasteiger partial charge in [-0.1, -0.05) is 46.3 Å². The SMILES string of the molecule is O=C(C1=C(O)C(=O)N(CCCn2ccnc2)C1c1cccc(Br)c1)c1cc2ccccc2o1. The molecule has 0 aliphatic carbocycles. The van der Waals surface area contributed by atoms with Crippen molar-refractivity contribution in [1.82, 2.24) is 14.5 Å². The number of aromatic nitrogens is 2. The number of imidazole rings is 1. The zero-order chi connectivity index (χ0) is 22.9. The molecule has 5 rings (SSSR count). The van der Waals surface area contributed by atoms with E-state index in [1.807, 2.05) is 53.2 Å². The van der Waals surface area contributed by atoms with Crippen LogP contribution >= 0.6 is 15.9 Å². The number of furan rings is 1. The molecule has 7 nitrogen and oxygen atoms in total. The van der Waals surface area contributed by atoms with Crippen LogP contribution in [0, 0.1) is 0 Å². The highest BCUT2D eigenvalue weighted by Gasteiger charge is 2.44. The molecule has 1 aliphatic rings. The molecule has 0 saturated heterocycles. The first-order chi connectivity index (χ1) is 16.0. The molecule has 1 unspecified atom stereocenters. The van der Waals surface area contributed by atoms with E-state index in [2.05, 4.69) is 20.9 Å². The third kappa shape index (κ3) is 3.98. The number of carbonyl (C=O) groups excluding carboxylic acids is 2. The van der Waals surface area contributed by atoms with E-state index < -0.39 is 23.5 Å². The van der Waals surface area contributed by atoms with Gasteiger partial charge in [-0.3, -0.25) is 9.59 Å². The van der Waals surface area contributed by atoms with Gasteiger partial charge in [0.15, 0.2) is 11.5 Å². The summed E-state index contributed by atoms with van der Waals surface area (Å²) in [5, 5.41) is 11.6. The fraction of sp³-hybridized carbons (Fsp3) is 0.160. The Bertz CT molecular complexity index is 1340. The molecule has 2 aromatic carbocycles. The second-order valence-electron chi connectivity index (χ2n) is 7.85. The number of carbonyl (C=O) groups is 2. The number of amides is 1. The van der Waals surface area contributed by atoms with Crippen molar-refractivity contribution < 1.29 is 19.1 Å². The highest BCUT2D eigenvalue weighted by Crippen LogP contribution is 2.40. The molecule has 166 valence electrons. The highest BCUT2D eigenvalue weighted by molar-refractivity contribution is 9.10. The molecule has 0 spiro atoms. The van der Waals surface area contributed by atoms with Gasteiger partial charge in [-0.25, -0.2) is 4.98 Å². The lowest BCUT2D eigenvalue weighted by Gasteiger charge is -2.27. The van der Waals surface area contributed by atoms with Crippen molar-refractivity contribution in [2.45, 2.75) is 19.0 Å². The van der Waals surface area contributed by atoms with Crippen LogP contribution in [0.2, 0.25) is 0 Å². The smallest absolute Gasteiger partial charge is 0.290 e. The summed E-state index contributed by atoms with van der Waals surface area (Å²) in [5.41, 5.74) is 1.32. The molecule has 0 radical (unpaired) electrons. The summed E-state index contributed by atoms with van der Waals surface area (Å²) in [6.07, 6.45) is 5.89. The minimum atomic E-state index is -0.724. The van der Waals surface area contributed by atoms with Gasteiger partial charge in [0.25, 0.3) is 5.91 Å². The molecule has 1 amide bonds. The largest absolute Gasteiger partial charge is 0.503 e. The van der Waals surface area contributed by atoms with E-state index >= 15 is 0 Å². The molecule has 4 aromatic rings. The van der Waals surface area contributed by atoms with E-state index in [4.69, 9.17) is 4.42 Å². The van der Waals surface area contributed by atoms with E-state index in [1.165, 1.54) is 0 Å². The maximum absolute atomic E-state index is 13.5. The molecule has 0 saturated carbocycles. The monoisotopic (exact) mass is 505 g/mol. The molecule has 0 fully saturated rings. The van der Waals surface area contributed by atoms with E-state index in [-0.39, 0.29) is 11.3 Å². The first-order valence-electron chi connectivity index (χ1n) is 10.5. The lowest BCUT2D eigenvalue weighted by atomic mass is 9.95. The number of hydrogen-bond acceptors (Lipinski definition) is 5. The summed E-state index contributed by atoms with van der Waals surface area (Å²) < 4.78 is 8.49. The Balaban J connectivity index is 1.51. The summed E-state index contributed by atoms with van der Waals surface area (Å²) in [6, 6.07) is 15.6. The Morgan fingerprint density at radius 2 is 1.97 bits per heavy atom. The highest BCUT2D eigenvalue weighted by atomic mass is 79.9. The van der Waals surface area contributed by atoms with Crippen LogP contribution in [0.4, 0.5) is 0 Å². The first-order valence-corrected chi connectivity index (χ1v) is 11.3. The Labute approximate surface area is 198 Å². The van der Waals surface area contributed by atoms with Gasteiger partial charge < -0.3 is 19.0 Å². The van der Waals surface area contributed by atoms with E-state index in [0.29, 0.717) is 25.1 Å². The normalized spacial score (nSPS) is 16.2. The number of ketones is 1.